The number of carbonyl (C=O) groups is 1. The van der Waals surface area contributed by atoms with Gasteiger partial charge in [0, 0.05) is 36.0 Å². The number of carbonyl (C=O) groups excluding carboxylic acids is 1. The van der Waals surface area contributed by atoms with Crippen molar-refractivity contribution in [3.63, 3.8) is 0 Å². The van der Waals surface area contributed by atoms with Crippen LogP contribution in [0.25, 0.3) is 22.3 Å². The highest BCUT2D eigenvalue weighted by molar-refractivity contribution is 5.88. The van der Waals surface area contributed by atoms with Crippen molar-refractivity contribution >= 4 is 16.9 Å². The molecule has 150 valence electrons. The van der Waals surface area contributed by atoms with Crippen molar-refractivity contribution in [2.45, 2.75) is 26.6 Å². The molecule has 0 radical (unpaired) electrons. The first-order valence-corrected chi connectivity index (χ1v) is 9.15. The summed E-state index contributed by atoms with van der Waals surface area (Å²) < 4.78 is 6.41. The summed E-state index contributed by atoms with van der Waals surface area (Å²) in [7, 11) is 3.84. The van der Waals surface area contributed by atoms with E-state index in [4.69, 9.17) is 9.72 Å². The molecule has 0 atom stereocenters. The molecular formula is C21H21N3O5. The minimum absolute atomic E-state index is 0.0345. The first-order valence-electron chi connectivity index (χ1n) is 9.15. The lowest BCUT2D eigenvalue weighted by Crippen LogP contribution is -2.23. The van der Waals surface area contributed by atoms with Crippen molar-refractivity contribution in [3.8, 4) is 22.9 Å². The largest absolute Gasteiger partial charge is 0.508 e. The lowest BCUT2D eigenvalue weighted by atomic mass is 10.0. The van der Waals surface area contributed by atoms with Gasteiger partial charge in [0.2, 0.25) is 0 Å². The summed E-state index contributed by atoms with van der Waals surface area (Å²) in [5, 5.41) is 21.5. The van der Waals surface area contributed by atoms with Crippen LogP contribution in [0.4, 0.5) is 0 Å². The number of phenolic OH excluding ortho intramolecular Hbond substituents is 1. The molecule has 0 unspecified atom stereocenters. The molecule has 0 spiro atoms. The van der Waals surface area contributed by atoms with Gasteiger partial charge in [0.05, 0.1) is 29.0 Å². The molecule has 1 aliphatic rings. The number of aromatic nitrogens is 2. The van der Waals surface area contributed by atoms with Crippen molar-refractivity contribution in [1.29, 1.82) is 0 Å². The molecule has 3 aromatic rings. The third kappa shape index (κ3) is 3.21. The van der Waals surface area contributed by atoms with Crippen molar-refractivity contribution in [2.75, 3.05) is 14.1 Å². The van der Waals surface area contributed by atoms with Crippen molar-refractivity contribution in [3.05, 3.63) is 51.3 Å². The van der Waals surface area contributed by atoms with E-state index in [1.165, 1.54) is 17.6 Å². The maximum absolute atomic E-state index is 12.9. The molecule has 3 heterocycles. The van der Waals surface area contributed by atoms with E-state index in [0.29, 0.717) is 23.4 Å². The molecule has 8 nitrogen and oxygen atoms in total. The van der Waals surface area contributed by atoms with Gasteiger partial charge in [0.15, 0.2) is 0 Å². The van der Waals surface area contributed by atoms with Crippen LogP contribution in [0, 0.1) is 0 Å². The normalized spacial score (nSPS) is 12.3. The van der Waals surface area contributed by atoms with Gasteiger partial charge in [-0.15, -0.1) is 0 Å². The summed E-state index contributed by atoms with van der Waals surface area (Å²) in [4.78, 5) is 30.6. The lowest BCUT2D eigenvalue weighted by molar-refractivity contribution is -0.142. The second kappa shape index (κ2) is 6.89. The van der Waals surface area contributed by atoms with Gasteiger partial charge in [-0.25, -0.2) is 4.98 Å². The first-order chi connectivity index (χ1) is 13.8. The molecule has 1 aromatic carbocycles. The number of pyridine rings is 2. The molecule has 29 heavy (non-hydrogen) atoms. The van der Waals surface area contributed by atoms with E-state index < -0.39 is 11.5 Å². The van der Waals surface area contributed by atoms with Gasteiger partial charge in [-0.3, -0.25) is 9.59 Å². The molecule has 8 heteroatoms. The monoisotopic (exact) mass is 395 g/mol. The van der Waals surface area contributed by atoms with Gasteiger partial charge in [-0.05, 0) is 32.3 Å². The number of hydrogen-bond donors (Lipinski definition) is 2. The number of benzene rings is 1. The van der Waals surface area contributed by atoms with Crippen LogP contribution in [-0.2, 0) is 29.2 Å². The Balaban J connectivity index is 1.86. The van der Waals surface area contributed by atoms with Crippen LogP contribution in [0.2, 0.25) is 0 Å². The van der Waals surface area contributed by atoms with Gasteiger partial charge in [0.25, 0.3) is 5.56 Å². The van der Waals surface area contributed by atoms with Crippen LogP contribution in [0.5, 0.6) is 11.5 Å². The maximum Gasteiger partial charge on any atom is 0.302 e. The number of phenols is 1. The zero-order valence-corrected chi connectivity index (χ0v) is 16.4. The van der Waals surface area contributed by atoms with Gasteiger partial charge >= 0.3 is 5.97 Å². The highest BCUT2D eigenvalue weighted by Gasteiger charge is 2.26. The summed E-state index contributed by atoms with van der Waals surface area (Å²) in [5.41, 5.74) is 3.03. The highest BCUT2D eigenvalue weighted by Crippen LogP contribution is 2.36. The van der Waals surface area contributed by atoms with E-state index in [2.05, 4.69) is 0 Å². The Kier molecular flexibility index (Phi) is 4.50. The molecule has 0 bridgehead atoms. The van der Waals surface area contributed by atoms with E-state index in [9.17, 15) is 19.8 Å². The molecule has 2 N–H and O–H groups in total. The van der Waals surface area contributed by atoms with Crippen LogP contribution in [0.1, 0.15) is 23.6 Å². The summed E-state index contributed by atoms with van der Waals surface area (Å²) in [6.07, 6.45) is 0. The Morgan fingerprint density at radius 1 is 1.21 bits per heavy atom. The molecule has 2 aromatic heterocycles. The zero-order chi connectivity index (χ0) is 20.9. The number of ether oxygens (including phenoxy) is 1. The van der Waals surface area contributed by atoms with Crippen LogP contribution in [-0.4, -0.2) is 44.7 Å². The SMILES string of the molecule is CC(=O)OCc1c(O)cc2n(c1=O)Cc1cc3c(CN(C)C)c(O)ccc3nc1-2. The predicted molar refractivity (Wildman–Crippen MR) is 107 cm³/mol. The molecule has 0 amide bonds. The van der Waals surface area contributed by atoms with E-state index in [1.54, 1.807) is 12.1 Å². The number of fused-ring (bicyclic) bond motifs is 4. The standard InChI is InChI=1S/C21H21N3O5/c1-11(25)29-10-15-19(27)7-17-20-12(8-24(17)21(15)28)6-13-14(9-23(2)3)18(26)5-4-16(13)22-20/h4-7,26-27H,8-10H2,1-3H3. The lowest BCUT2D eigenvalue weighted by Gasteiger charge is -2.14. The third-order valence-electron chi connectivity index (χ3n) is 5.01. The van der Waals surface area contributed by atoms with Gasteiger partial charge in [0.1, 0.15) is 18.1 Å². The average molecular weight is 395 g/mol. The Bertz CT molecular complexity index is 1210. The molecule has 0 fully saturated rings. The summed E-state index contributed by atoms with van der Waals surface area (Å²) >= 11 is 0. The van der Waals surface area contributed by atoms with Crippen LogP contribution in [0.3, 0.4) is 0 Å². The smallest absolute Gasteiger partial charge is 0.302 e. The quantitative estimate of drug-likeness (QED) is 0.509. The van der Waals surface area contributed by atoms with E-state index in [-0.39, 0.29) is 30.2 Å². The van der Waals surface area contributed by atoms with Crippen molar-refractivity contribution in [1.82, 2.24) is 14.5 Å². The molecule has 0 saturated heterocycles. The first kappa shape index (κ1) is 18.9. The van der Waals surface area contributed by atoms with E-state index >= 15 is 0 Å². The summed E-state index contributed by atoms with van der Waals surface area (Å²) in [5.74, 6) is -0.558. The molecule has 0 aliphatic carbocycles. The van der Waals surface area contributed by atoms with Gasteiger partial charge in [-0.1, -0.05) is 0 Å². The molecular weight excluding hydrogens is 374 g/mol. The molecule has 4 rings (SSSR count). The van der Waals surface area contributed by atoms with Crippen molar-refractivity contribution < 1.29 is 19.7 Å². The Morgan fingerprint density at radius 3 is 2.66 bits per heavy atom. The highest BCUT2D eigenvalue weighted by atomic mass is 16.5. The Morgan fingerprint density at radius 2 is 1.97 bits per heavy atom. The Hall–Kier alpha value is -3.39. The van der Waals surface area contributed by atoms with Gasteiger partial charge < -0.3 is 24.4 Å². The Labute approximate surface area is 166 Å². The predicted octanol–water partition coefficient (Wildman–Crippen LogP) is 1.96. The van der Waals surface area contributed by atoms with Crippen molar-refractivity contribution in [2.24, 2.45) is 0 Å². The number of rotatable bonds is 4. The van der Waals surface area contributed by atoms with Crippen LogP contribution in [0.15, 0.2) is 29.1 Å². The number of hydrogen-bond acceptors (Lipinski definition) is 7. The molecule has 0 saturated carbocycles. The fraction of sp³-hybridized carbons (Fsp3) is 0.286. The average Bonchev–Trinajstić information content (AvgIpc) is 3.00. The fourth-order valence-electron chi connectivity index (χ4n) is 3.67. The number of esters is 1. The van der Waals surface area contributed by atoms with Gasteiger partial charge in [-0.2, -0.15) is 0 Å². The second-order valence-corrected chi connectivity index (χ2v) is 7.43. The minimum Gasteiger partial charge on any atom is -0.508 e. The summed E-state index contributed by atoms with van der Waals surface area (Å²) in [6.45, 7) is 1.79. The minimum atomic E-state index is -0.529. The van der Waals surface area contributed by atoms with Crippen LogP contribution >= 0.6 is 0 Å². The fourth-order valence-corrected chi connectivity index (χ4v) is 3.67. The van der Waals surface area contributed by atoms with E-state index in [1.807, 2.05) is 25.1 Å². The summed E-state index contributed by atoms with van der Waals surface area (Å²) in [6, 6.07) is 6.76. The number of nitrogens with zero attached hydrogens (tertiary/aromatic N) is 3. The topological polar surface area (TPSA) is 105 Å². The third-order valence-corrected chi connectivity index (χ3v) is 5.01. The van der Waals surface area contributed by atoms with Crippen LogP contribution < -0.4 is 5.56 Å². The maximum atomic E-state index is 12.9. The number of aromatic hydroxyl groups is 2. The second-order valence-electron chi connectivity index (χ2n) is 7.43. The zero-order valence-electron chi connectivity index (χ0n) is 16.4. The molecule has 1 aliphatic heterocycles. The van der Waals surface area contributed by atoms with E-state index in [0.717, 1.165) is 16.5 Å².